The zero-order valence-corrected chi connectivity index (χ0v) is 10.2. The van der Waals surface area contributed by atoms with Gasteiger partial charge in [0.1, 0.15) is 9.26 Å². The van der Waals surface area contributed by atoms with E-state index in [0.717, 1.165) is 6.20 Å². The first kappa shape index (κ1) is 13.7. The molecule has 1 aromatic heterocycles. The van der Waals surface area contributed by atoms with Crippen LogP contribution in [0, 0.1) is 13.7 Å². The van der Waals surface area contributed by atoms with Crippen LogP contribution in [0.5, 0.6) is 0 Å². The maximum atomic E-state index is 12.6. The van der Waals surface area contributed by atoms with Gasteiger partial charge in [-0.15, -0.1) is 0 Å². The largest absolute Gasteiger partial charge is 0.481 e. The fourth-order valence-corrected chi connectivity index (χ4v) is 1.90. The van der Waals surface area contributed by atoms with Gasteiger partial charge in [0, 0.05) is 6.20 Å². The minimum Gasteiger partial charge on any atom is -0.481 e. The van der Waals surface area contributed by atoms with Crippen molar-refractivity contribution in [2.75, 3.05) is 0 Å². The van der Waals surface area contributed by atoms with Gasteiger partial charge in [-0.05, 0) is 22.6 Å². The third-order valence-electron chi connectivity index (χ3n) is 1.86. The second-order valence-corrected chi connectivity index (χ2v) is 4.11. The van der Waals surface area contributed by atoms with Crippen molar-refractivity contribution in [1.29, 1.82) is 0 Å². The number of hydrogen-bond donors (Lipinski definition) is 1. The summed E-state index contributed by atoms with van der Waals surface area (Å²) in [5.74, 6) is -1.43. The molecule has 0 atom stereocenters. The van der Waals surface area contributed by atoms with Crippen LogP contribution < -0.4 is 0 Å². The van der Waals surface area contributed by atoms with Crippen molar-refractivity contribution in [3.8, 4) is 0 Å². The molecule has 92 valence electrons. The summed E-state index contributed by atoms with van der Waals surface area (Å²) in [4.78, 5) is 23.7. The highest BCUT2D eigenvalue weighted by Crippen LogP contribution is 2.32. The van der Waals surface area contributed by atoms with E-state index >= 15 is 0 Å². The number of hydrogen-bond acceptors (Lipinski definition) is 4. The summed E-state index contributed by atoms with van der Waals surface area (Å²) in [6.45, 7) is 0. The molecule has 0 aliphatic carbocycles. The molecule has 1 aromatic rings. The highest BCUT2D eigenvalue weighted by atomic mass is 127. The number of aliphatic carboxylic acids is 1. The summed E-state index contributed by atoms with van der Waals surface area (Å²) in [7, 11) is 0. The monoisotopic (exact) mass is 358 g/mol. The average molecular weight is 358 g/mol. The normalized spacial score (nSPS) is 10.6. The Bertz CT molecular complexity index is 481. The number of carboxylic acids is 1. The van der Waals surface area contributed by atoms with Crippen LogP contribution in [0.2, 0.25) is 0 Å². The molecule has 1 heterocycles. The molecule has 0 fully saturated rings. The summed E-state index contributed by atoms with van der Waals surface area (Å²) in [6, 6.07) is 0. The van der Waals surface area contributed by atoms with E-state index in [1.165, 1.54) is 0 Å². The summed E-state index contributed by atoms with van der Waals surface area (Å²) < 4.78 is 25.2. The van der Waals surface area contributed by atoms with Gasteiger partial charge in [-0.2, -0.15) is 0 Å². The van der Waals surface area contributed by atoms with Crippen LogP contribution >= 0.6 is 22.6 Å². The van der Waals surface area contributed by atoms with E-state index in [-0.39, 0.29) is 3.57 Å². The number of halogens is 3. The predicted octanol–water partition coefficient (Wildman–Crippen LogP) is 2.16. The summed E-state index contributed by atoms with van der Waals surface area (Å²) in [5.41, 5.74) is -2.04. The summed E-state index contributed by atoms with van der Waals surface area (Å²) in [5, 5.41) is 19.3. The first-order chi connectivity index (χ1) is 7.84. The highest BCUT2D eigenvalue weighted by Gasteiger charge is 2.28. The standard InChI is InChI=1S/C8H5F2IN2O4/c9-8(10)6-3(1-5(14)15)7(13(16)17)4(11)2-12-6/h2,8H,1H2,(H,14,15). The van der Waals surface area contributed by atoms with Crippen molar-refractivity contribution in [3.05, 3.63) is 31.1 Å². The molecule has 17 heavy (non-hydrogen) atoms. The van der Waals surface area contributed by atoms with E-state index in [9.17, 15) is 23.7 Å². The van der Waals surface area contributed by atoms with Gasteiger partial charge >= 0.3 is 5.97 Å². The number of nitro groups is 1. The maximum Gasteiger partial charge on any atom is 0.308 e. The van der Waals surface area contributed by atoms with Crippen LogP contribution in [0.3, 0.4) is 0 Å². The molecule has 0 spiro atoms. The number of pyridine rings is 1. The van der Waals surface area contributed by atoms with Gasteiger partial charge in [0.2, 0.25) is 0 Å². The van der Waals surface area contributed by atoms with Gasteiger partial charge in [-0.1, -0.05) is 0 Å². The average Bonchev–Trinajstić information content (AvgIpc) is 2.15. The van der Waals surface area contributed by atoms with Crippen molar-refractivity contribution in [2.45, 2.75) is 12.8 Å². The van der Waals surface area contributed by atoms with Crippen molar-refractivity contribution in [2.24, 2.45) is 0 Å². The molecule has 6 nitrogen and oxygen atoms in total. The molecule has 0 aromatic carbocycles. The number of alkyl halides is 2. The van der Waals surface area contributed by atoms with E-state index in [1.807, 2.05) is 0 Å². The number of nitrogens with zero attached hydrogens (tertiary/aromatic N) is 2. The lowest BCUT2D eigenvalue weighted by molar-refractivity contribution is -0.386. The van der Waals surface area contributed by atoms with Gasteiger partial charge in [0.05, 0.1) is 16.9 Å². The molecule has 9 heteroatoms. The van der Waals surface area contributed by atoms with Gasteiger partial charge in [0.15, 0.2) is 0 Å². The molecule has 0 aliphatic heterocycles. The zero-order valence-electron chi connectivity index (χ0n) is 8.06. The van der Waals surface area contributed by atoms with Crippen LogP contribution in [0.1, 0.15) is 17.7 Å². The molecule has 0 radical (unpaired) electrons. The van der Waals surface area contributed by atoms with Crippen molar-refractivity contribution in [3.63, 3.8) is 0 Å². The third kappa shape index (κ3) is 3.05. The van der Waals surface area contributed by atoms with Crippen LogP contribution in [-0.2, 0) is 11.2 Å². The van der Waals surface area contributed by atoms with Crippen molar-refractivity contribution in [1.82, 2.24) is 4.98 Å². The van der Waals surface area contributed by atoms with Crippen LogP contribution in [0.15, 0.2) is 6.20 Å². The lowest BCUT2D eigenvalue weighted by Crippen LogP contribution is -2.10. The predicted molar refractivity (Wildman–Crippen MR) is 59.9 cm³/mol. The second-order valence-electron chi connectivity index (χ2n) is 2.95. The van der Waals surface area contributed by atoms with E-state index in [1.54, 1.807) is 22.6 Å². The van der Waals surface area contributed by atoms with E-state index < -0.39 is 40.7 Å². The number of aromatic nitrogens is 1. The van der Waals surface area contributed by atoms with Crippen molar-refractivity contribution >= 4 is 34.2 Å². The first-order valence-electron chi connectivity index (χ1n) is 4.16. The molecule has 0 saturated carbocycles. The Balaban J connectivity index is 3.49. The lowest BCUT2D eigenvalue weighted by atomic mass is 10.1. The minimum atomic E-state index is -3.06. The van der Waals surface area contributed by atoms with Crippen molar-refractivity contribution < 1.29 is 23.6 Å². The Labute approximate surface area is 107 Å². The van der Waals surface area contributed by atoms with Crippen LogP contribution in [0.4, 0.5) is 14.5 Å². The SMILES string of the molecule is O=C(O)Cc1c(C(F)F)ncc(I)c1[N+](=O)[O-]. The number of rotatable bonds is 4. The van der Waals surface area contributed by atoms with E-state index in [2.05, 4.69) is 4.98 Å². The third-order valence-corrected chi connectivity index (χ3v) is 2.64. The Kier molecular flexibility index (Phi) is 4.26. The smallest absolute Gasteiger partial charge is 0.308 e. The van der Waals surface area contributed by atoms with Gasteiger partial charge in [-0.3, -0.25) is 19.9 Å². The van der Waals surface area contributed by atoms with E-state index in [0.29, 0.717) is 0 Å². The fourth-order valence-electron chi connectivity index (χ4n) is 1.24. The zero-order chi connectivity index (χ0) is 13.2. The fraction of sp³-hybridized carbons (Fsp3) is 0.250. The molecule has 0 unspecified atom stereocenters. The Hall–Kier alpha value is -1.39. The quantitative estimate of drug-likeness (QED) is 0.506. The Morgan fingerprint density at radius 1 is 1.65 bits per heavy atom. The summed E-state index contributed by atoms with van der Waals surface area (Å²) in [6.07, 6.45) is -2.99. The number of carbonyl (C=O) groups is 1. The topological polar surface area (TPSA) is 93.3 Å². The Morgan fingerprint density at radius 3 is 2.65 bits per heavy atom. The molecule has 1 rings (SSSR count). The highest BCUT2D eigenvalue weighted by molar-refractivity contribution is 14.1. The Morgan fingerprint density at radius 2 is 2.24 bits per heavy atom. The van der Waals surface area contributed by atoms with Gasteiger partial charge < -0.3 is 5.11 Å². The second kappa shape index (κ2) is 5.29. The molecule has 1 N–H and O–H groups in total. The van der Waals surface area contributed by atoms with E-state index in [4.69, 9.17) is 5.11 Å². The lowest BCUT2D eigenvalue weighted by Gasteiger charge is -2.07. The maximum absolute atomic E-state index is 12.6. The molecule has 0 saturated heterocycles. The molecule has 0 bridgehead atoms. The van der Waals surface area contributed by atoms with Gasteiger partial charge in [-0.25, -0.2) is 8.78 Å². The minimum absolute atomic E-state index is 0.0215. The summed E-state index contributed by atoms with van der Waals surface area (Å²) >= 11 is 1.55. The van der Waals surface area contributed by atoms with Gasteiger partial charge in [0.25, 0.3) is 12.1 Å². The molecular formula is C8H5F2IN2O4. The van der Waals surface area contributed by atoms with Crippen LogP contribution in [-0.4, -0.2) is 21.0 Å². The first-order valence-corrected chi connectivity index (χ1v) is 5.24. The molecular weight excluding hydrogens is 353 g/mol. The molecule has 0 amide bonds. The number of carboxylic acid groups (broad SMARTS) is 1. The van der Waals surface area contributed by atoms with Crippen LogP contribution in [0.25, 0.3) is 0 Å². The molecule has 0 aliphatic rings.